The third-order valence-electron chi connectivity index (χ3n) is 2.69. The highest BCUT2D eigenvalue weighted by atomic mass is 16.5. The molecule has 0 fully saturated rings. The fourth-order valence-corrected chi connectivity index (χ4v) is 1.83. The Morgan fingerprint density at radius 1 is 1.35 bits per heavy atom. The number of nitrogens with zero attached hydrogens (tertiary/aromatic N) is 2. The monoisotopic (exact) mass is 277 g/mol. The molecule has 0 amide bonds. The second-order valence-electron chi connectivity index (χ2n) is 4.28. The largest absolute Gasteiger partial charge is 0.478 e. The van der Waals surface area contributed by atoms with Crippen LogP contribution in [-0.4, -0.2) is 30.3 Å². The summed E-state index contributed by atoms with van der Waals surface area (Å²) in [6.07, 6.45) is 1.46. The van der Waals surface area contributed by atoms with Crippen LogP contribution in [0, 0.1) is 6.92 Å². The average molecular weight is 277 g/mol. The van der Waals surface area contributed by atoms with Crippen molar-refractivity contribution < 1.29 is 13.9 Å². The van der Waals surface area contributed by atoms with E-state index in [2.05, 4.69) is 15.3 Å². The molecule has 108 valence electrons. The number of furan rings is 1. The average Bonchev–Trinajstić information content (AvgIpc) is 2.86. The fraction of sp³-hybridized carbons (Fsp3) is 0.429. The van der Waals surface area contributed by atoms with Gasteiger partial charge in [0.05, 0.1) is 13.2 Å². The zero-order chi connectivity index (χ0) is 14.4. The van der Waals surface area contributed by atoms with Gasteiger partial charge in [-0.15, -0.1) is 0 Å². The lowest BCUT2D eigenvalue weighted by Gasteiger charge is -2.16. The Balaban J connectivity index is 2.13. The maximum Gasteiger partial charge on any atom is 0.218 e. The molecule has 0 bridgehead atoms. The zero-order valence-electron chi connectivity index (χ0n) is 11.9. The van der Waals surface area contributed by atoms with Crippen molar-refractivity contribution >= 4 is 5.82 Å². The van der Waals surface area contributed by atoms with Crippen molar-refractivity contribution in [3.63, 3.8) is 0 Å². The van der Waals surface area contributed by atoms with Crippen LogP contribution in [0.25, 0.3) is 0 Å². The summed E-state index contributed by atoms with van der Waals surface area (Å²) in [6.45, 7) is 4.86. The molecule has 20 heavy (non-hydrogen) atoms. The number of anilines is 1. The van der Waals surface area contributed by atoms with Crippen LogP contribution in [0.5, 0.6) is 5.88 Å². The van der Waals surface area contributed by atoms with Crippen molar-refractivity contribution in [2.75, 3.05) is 25.6 Å². The minimum atomic E-state index is -0.113. The molecule has 1 unspecified atom stereocenters. The molecule has 0 aliphatic carbocycles. The van der Waals surface area contributed by atoms with Gasteiger partial charge in [-0.2, -0.15) is 0 Å². The van der Waals surface area contributed by atoms with Crippen LogP contribution in [-0.2, 0) is 4.74 Å². The molecule has 0 saturated carbocycles. The summed E-state index contributed by atoms with van der Waals surface area (Å²) < 4.78 is 16.2. The first-order valence-electron chi connectivity index (χ1n) is 6.49. The number of aryl methyl sites for hydroxylation is 1. The van der Waals surface area contributed by atoms with Crippen LogP contribution < -0.4 is 10.1 Å². The van der Waals surface area contributed by atoms with E-state index < -0.39 is 0 Å². The van der Waals surface area contributed by atoms with Crippen LogP contribution in [0.2, 0.25) is 0 Å². The highest BCUT2D eigenvalue weighted by Gasteiger charge is 2.16. The first-order valence-corrected chi connectivity index (χ1v) is 6.49. The van der Waals surface area contributed by atoms with Gasteiger partial charge in [0.2, 0.25) is 5.88 Å². The molecule has 6 heteroatoms. The van der Waals surface area contributed by atoms with Gasteiger partial charge in [0, 0.05) is 13.2 Å². The summed E-state index contributed by atoms with van der Waals surface area (Å²) in [5.41, 5.74) is 0. The molecule has 6 nitrogen and oxygen atoms in total. The summed E-state index contributed by atoms with van der Waals surface area (Å²) in [7, 11) is 1.65. The minimum Gasteiger partial charge on any atom is -0.478 e. The SMILES string of the molecule is CCOc1cc(NC(COC)c2ccc(C)o2)ncn1. The normalized spacial score (nSPS) is 12.2. The quantitative estimate of drug-likeness (QED) is 0.838. The van der Waals surface area contributed by atoms with E-state index >= 15 is 0 Å². The summed E-state index contributed by atoms with van der Waals surface area (Å²) in [4.78, 5) is 8.21. The second kappa shape index (κ2) is 6.91. The highest BCUT2D eigenvalue weighted by Crippen LogP contribution is 2.22. The number of methoxy groups -OCH3 is 1. The Kier molecular flexibility index (Phi) is 4.95. The van der Waals surface area contributed by atoms with E-state index in [0.717, 1.165) is 11.5 Å². The number of rotatable bonds is 7. The standard InChI is InChI=1S/C14H19N3O3/c1-4-19-14-7-13(15-9-16-14)17-11(8-18-3)12-6-5-10(2)20-12/h5-7,9,11H,4,8H2,1-3H3,(H,15,16,17). The molecule has 2 heterocycles. The molecular weight excluding hydrogens is 258 g/mol. The number of hydrogen-bond acceptors (Lipinski definition) is 6. The molecule has 0 radical (unpaired) electrons. The molecule has 2 rings (SSSR count). The van der Waals surface area contributed by atoms with E-state index in [4.69, 9.17) is 13.9 Å². The topological polar surface area (TPSA) is 69.4 Å². The zero-order valence-corrected chi connectivity index (χ0v) is 11.9. The Labute approximate surface area is 118 Å². The molecule has 0 aliphatic rings. The first kappa shape index (κ1) is 14.3. The van der Waals surface area contributed by atoms with Crippen LogP contribution in [0.15, 0.2) is 28.9 Å². The summed E-state index contributed by atoms with van der Waals surface area (Å²) >= 11 is 0. The van der Waals surface area contributed by atoms with Gasteiger partial charge in [-0.1, -0.05) is 0 Å². The predicted molar refractivity (Wildman–Crippen MR) is 74.9 cm³/mol. The van der Waals surface area contributed by atoms with Crippen molar-refractivity contribution in [3.8, 4) is 5.88 Å². The Morgan fingerprint density at radius 3 is 2.85 bits per heavy atom. The van der Waals surface area contributed by atoms with Crippen molar-refractivity contribution in [1.82, 2.24) is 9.97 Å². The van der Waals surface area contributed by atoms with Crippen molar-refractivity contribution in [3.05, 3.63) is 36.0 Å². The number of aromatic nitrogens is 2. The summed E-state index contributed by atoms with van der Waals surface area (Å²) in [5.74, 6) is 2.87. The minimum absolute atomic E-state index is 0.113. The van der Waals surface area contributed by atoms with Gasteiger partial charge in [-0.3, -0.25) is 0 Å². The summed E-state index contributed by atoms with van der Waals surface area (Å²) in [6, 6.07) is 5.49. The van der Waals surface area contributed by atoms with Gasteiger partial charge in [0.25, 0.3) is 0 Å². The molecule has 2 aromatic rings. The first-order chi connectivity index (χ1) is 9.72. The molecule has 0 spiro atoms. The number of hydrogen-bond donors (Lipinski definition) is 1. The molecular formula is C14H19N3O3. The van der Waals surface area contributed by atoms with Crippen molar-refractivity contribution in [2.24, 2.45) is 0 Å². The molecule has 2 aromatic heterocycles. The lowest BCUT2D eigenvalue weighted by atomic mass is 10.2. The van der Waals surface area contributed by atoms with Crippen LogP contribution in [0.1, 0.15) is 24.5 Å². The van der Waals surface area contributed by atoms with Crippen LogP contribution in [0.4, 0.5) is 5.82 Å². The highest BCUT2D eigenvalue weighted by molar-refractivity contribution is 5.39. The van der Waals surface area contributed by atoms with Gasteiger partial charge in [0.1, 0.15) is 29.7 Å². The molecule has 1 atom stereocenters. The van der Waals surface area contributed by atoms with E-state index in [-0.39, 0.29) is 6.04 Å². The van der Waals surface area contributed by atoms with Crippen LogP contribution >= 0.6 is 0 Å². The molecule has 0 aromatic carbocycles. The van der Waals surface area contributed by atoms with Gasteiger partial charge >= 0.3 is 0 Å². The second-order valence-corrected chi connectivity index (χ2v) is 4.28. The maximum atomic E-state index is 5.63. The third-order valence-corrected chi connectivity index (χ3v) is 2.69. The van der Waals surface area contributed by atoms with Gasteiger partial charge in [-0.25, -0.2) is 9.97 Å². The summed E-state index contributed by atoms with van der Waals surface area (Å²) in [5, 5.41) is 3.26. The van der Waals surface area contributed by atoms with Crippen molar-refractivity contribution in [1.29, 1.82) is 0 Å². The van der Waals surface area contributed by atoms with E-state index in [0.29, 0.717) is 24.9 Å². The molecule has 1 N–H and O–H groups in total. The van der Waals surface area contributed by atoms with Gasteiger partial charge < -0.3 is 19.2 Å². The van der Waals surface area contributed by atoms with E-state index in [1.807, 2.05) is 26.0 Å². The van der Waals surface area contributed by atoms with Crippen LogP contribution in [0.3, 0.4) is 0 Å². The van der Waals surface area contributed by atoms with E-state index in [9.17, 15) is 0 Å². The smallest absolute Gasteiger partial charge is 0.218 e. The Morgan fingerprint density at radius 2 is 2.20 bits per heavy atom. The molecule has 0 aliphatic heterocycles. The number of ether oxygens (including phenoxy) is 2. The third kappa shape index (κ3) is 3.71. The fourth-order valence-electron chi connectivity index (χ4n) is 1.83. The lowest BCUT2D eigenvalue weighted by Crippen LogP contribution is -2.16. The Bertz CT molecular complexity index is 542. The maximum absolute atomic E-state index is 5.63. The van der Waals surface area contributed by atoms with E-state index in [1.165, 1.54) is 6.33 Å². The molecule has 0 saturated heterocycles. The van der Waals surface area contributed by atoms with Crippen molar-refractivity contribution in [2.45, 2.75) is 19.9 Å². The van der Waals surface area contributed by atoms with Gasteiger partial charge in [0.15, 0.2) is 0 Å². The number of nitrogens with one attached hydrogen (secondary N) is 1. The Hall–Kier alpha value is -2.08. The lowest BCUT2D eigenvalue weighted by molar-refractivity contribution is 0.178. The van der Waals surface area contributed by atoms with Gasteiger partial charge in [-0.05, 0) is 26.0 Å². The predicted octanol–water partition coefficient (Wildman–Crippen LogP) is 2.58. The van der Waals surface area contributed by atoms with E-state index in [1.54, 1.807) is 13.2 Å².